The first kappa shape index (κ1) is 64.6. The molecule has 0 unspecified atom stereocenters. The van der Waals surface area contributed by atoms with Crippen LogP contribution in [0.2, 0.25) is 0 Å². The molecule has 1 aliphatic carbocycles. The molecule has 0 bridgehead atoms. The summed E-state index contributed by atoms with van der Waals surface area (Å²) < 4.78 is 0. The molecule has 1 nitrogen and oxygen atoms in total. The van der Waals surface area contributed by atoms with Gasteiger partial charge in [-0.3, -0.25) is 4.98 Å². The number of hydrogen-bond acceptors (Lipinski definition) is 1. The summed E-state index contributed by atoms with van der Waals surface area (Å²) in [7, 11) is 0. The van der Waals surface area contributed by atoms with Gasteiger partial charge in [0.1, 0.15) is 0 Å². The van der Waals surface area contributed by atoms with Crippen molar-refractivity contribution in [1.29, 1.82) is 0 Å². The van der Waals surface area contributed by atoms with Gasteiger partial charge in [-0.15, -0.1) is 0 Å². The Morgan fingerprint density at radius 2 is 0.879 bits per heavy atom. The maximum Gasteiger partial charge on any atom is 0.0267 e. The van der Waals surface area contributed by atoms with E-state index in [9.17, 15) is 0 Å². The second-order valence-corrected chi connectivity index (χ2v) is 4.34. The molecule has 33 heavy (non-hydrogen) atoms. The number of pyridine rings is 1. The standard InChI is InChI=1S/C7H7.C5H5N.C5H10.5C2H6.2CH3.3Y/c1-7-5-3-2-4-6-7;1-2-4-6-5-3-1;1-2-4-5-3-1;5*1-2;;;;;/h2-5H,1H3;1-5H;1-5H2;5*1-2H3;2*1H3;;;/q-1;;;;;;;;2*-1;;;. The molecule has 1 aliphatic rings. The summed E-state index contributed by atoms with van der Waals surface area (Å²) in [6.07, 6.45) is 11.0. The monoisotopic (exact) mass is 687 g/mol. The summed E-state index contributed by atoms with van der Waals surface area (Å²) in [4.78, 5) is 3.78. The van der Waals surface area contributed by atoms with Crippen LogP contribution in [0.5, 0.6) is 0 Å². The third-order valence-corrected chi connectivity index (χ3v) is 2.68. The van der Waals surface area contributed by atoms with Crippen LogP contribution in [0.25, 0.3) is 0 Å². The van der Waals surface area contributed by atoms with Crippen molar-refractivity contribution in [3.63, 3.8) is 0 Å². The van der Waals surface area contributed by atoms with Crippen molar-refractivity contribution in [3.8, 4) is 0 Å². The van der Waals surface area contributed by atoms with Crippen LogP contribution in [-0.4, -0.2) is 4.98 Å². The Morgan fingerprint density at radius 3 is 1.00 bits per heavy atom. The first-order valence-corrected chi connectivity index (χ1v) is 11.7. The van der Waals surface area contributed by atoms with Gasteiger partial charge in [-0.1, -0.05) is 114 Å². The fraction of sp³-hybridized carbons (Fsp3) is 0.552. The van der Waals surface area contributed by atoms with Crippen LogP contribution in [0, 0.1) is 27.8 Å². The van der Waals surface area contributed by atoms with Crippen LogP contribution in [0.15, 0.2) is 54.9 Å². The Morgan fingerprint density at radius 1 is 0.545 bits per heavy atom. The minimum absolute atomic E-state index is 0. The van der Waals surface area contributed by atoms with Crippen molar-refractivity contribution >= 4 is 0 Å². The van der Waals surface area contributed by atoms with Crippen LogP contribution in [0.4, 0.5) is 0 Å². The van der Waals surface area contributed by atoms with Gasteiger partial charge in [0, 0.05) is 111 Å². The number of benzene rings is 1. The van der Waals surface area contributed by atoms with E-state index in [0.29, 0.717) is 0 Å². The molecule has 0 atom stereocenters. The van der Waals surface area contributed by atoms with E-state index in [1.165, 1.54) is 37.7 Å². The quantitative estimate of drug-likeness (QED) is 0.251. The minimum atomic E-state index is 0. The molecule has 0 saturated heterocycles. The van der Waals surface area contributed by atoms with Crippen LogP contribution in [0.1, 0.15) is 107 Å². The van der Waals surface area contributed by atoms with E-state index >= 15 is 0 Å². The molecule has 0 spiro atoms. The first-order chi connectivity index (χ1) is 13.9. The van der Waals surface area contributed by atoms with Crippen molar-refractivity contribution in [2.45, 2.75) is 108 Å². The minimum Gasteiger partial charge on any atom is -0.358 e. The molecule has 1 fully saturated rings. The fourth-order valence-electron chi connectivity index (χ4n) is 1.68. The molecule has 3 rings (SSSR count). The average Bonchev–Trinajstić information content (AvgIpc) is 3.43. The Bertz CT molecular complexity index is 346. The number of aromatic nitrogens is 1. The van der Waals surface area contributed by atoms with E-state index in [4.69, 9.17) is 0 Å². The molecule has 2 aromatic rings. The Hall–Kier alpha value is 1.68. The van der Waals surface area contributed by atoms with Gasteiger partial charge in [-0.05, 0) is 12.1 Å². The van der Waals surface area contributed by atoms with Crippen LogP contribution >= 0.6 is 0 Å². The summed E-state index contributed by atoms with van der Waals surface area (Å²) in [5.74, 6) is 0. The SMILES string of the molecule is C1CCCC1.CC.CC.CC.CC.CC.Cc1[c-]cccc1.[CH3-].[CH3-].[Y].[Y].[Y].c1ccncc1. The molecule has 4 heteroatoms. The molecule has 0 amide bonds. The fourth-order valence-corrected chi connectivity index (χ4v) is 1.68. The van der Waals surface area contributed by atoms with E-state index in [0.717, 1.165) is 0 Å². The summed E-state index contributed by atoms with van der Waals surface area (Å²) in [6, 6.07) is 16.7. The number of aryl methyl sites for hydroxylation is 1. The molecule has 1 heterocycles. The molecule has 1 aromatic carbocycles. The van der Waals surface area contributed by atoms with Crippen molar-refractivity contribution in [1.82, 2.24) is 4.98 Å². The summed E-state index contributed by atoms with van der Waals surface area (Å²) in [5.41, 5.74) is 1.20. The van der Waals surface area contributed by atoms with Gasteiger partial charge in [0.15, 0.2) is 0 Å². The van der Waals surface area contributed by atoms with Crippen LogP contribution in [-0.2, 0) is 98.1 Å². The third kappa shape index (κ3) is 79.0. The zero-order valence-corrected chi connectivity index (χ0v) is 33.4. The normalized spacial score (nSPS) is 7.85. The Kier molecular flexibility index (Phi) is 165. The number of rotatable bonds is 0. The smallest absolute Gasteiger partial charge is 0.0267 e. The molecule has 1 aromatic heterocycles. The average molecular weight is 688 g/mol. The molecule has 191 valence electrons. The van der Waals surface area contributed by atoms with Gasteiger partial charge in [0.2, 0.25) is 0 Å². The molecular weight excluding hydrogens is 629 g/mol. The molecule has 0 aliphatic heterocycles. The van der Waals surface area contributed by atoms with E-state index in [1.54, 1.807) is 12.4 Å². The summed E-state index contributed by atoms with van der Waals surface area (Å²) >= 11 is 0. The second-order valence-electron chi connectivity index (χ2n) is 4.34. The zero-order chi connectivity index (χ0) is 22.9. The van der Waals surface area contributed by atoms with E-state index in [2.05, 4.69) is 11.1 Å². The van der Waals surface area contributed by atoms with Gasteiger partial charge in [-0.25, -0.2) is 0 Å². The van der Waals surface area contributed by atoms with E-state index in [-0.39, 0.29) is 113 Å². The van der Waals surface area contributed by atoms with E-state index in [1.807, 2.05) is 119 Å². The van der Waals surface area contributed by atoms with Gasteiger partial charge < -0.3 is 14.9 Å². The van der Waals surface area contributed by atoms with Crippen molar-refractivity contribution in [2.75, 3.05) is 0 Å². The van der Waals surface area contributed by atoms with Gasteiger partial charge >= 0.3 is 0 Å². The number of nitrogens with zero attached hydrogens (tertiary/aromatic N) is 1. The Balaban J connectivity index is -0.0000000239. The molecule has 0 N–H and O–H groups in total. The molecule has 1 saturated carbocycles. The topological polar surface area (TPSA) is 12.9 Å². The first-order valence-electron chi connectivity index (χ1n) is 11.7. The Labute approximate surface area is 288 Å². The maximum absolute atomic E-state index is 3.78. The van der Waals surface area contributed by atoms with Crippen molar-refractivity contribution in [2.24, 2.45) is 0 Å². The van der Waals surface area contributed by atoms with Gasteiger partial charge in [-0.2, -0.15) is 35.9 Å². The molecular formula is C29H58NY3-3. The number of hydrogen-bond donors (Lipinski definition) is 0. The molecule has 3 radical (unpaired) electrons. The summed E-state index contributed by atoms with van der Waals surface area (Å²) in [5, 5.41) is 0. The summed E-state index contributed by atoms with van der Waals surface area (Å²) in [6.45, 7) is 22.0. The third-order valence-electron chi connectivity index (χ3n) is 2.68. The van der Waals surface area contributed by atoms with Crippen LogP contribution in [0.3, 0.4) is 0 Å². The second kappa shape index (κ2) is 84.1. The van der Waals surface area contributed by atoms with Gasteiger partial charge in [0.05, 0.1) is 0 Å². The van der Waals surface area contributed by atoms with Crippen LogP contribution < -0.4 is 0 Å². The van der Waals surface area contributed by atoms with Crippen molar-refractivity contribution in [3.05, 3.63) is 81.3 Å². The predicted molar refractivity (Wildman–Crippen MR) is 147 cm³/mol. The largest absolute Gasteiger partial charge is 0.358 e. The maximum atomic E-state index is 3.78. The predicted octanol–water partition coefficient (Wildman–Crippen LogP) is 10.9. The van der Waals surface area contributed by atoms with Crippen molar-refractivity contribution < 1.29 is 98.1 Å². The van der Waals surface area contributed by atoms with E-state index < -0.39 is 0 Å². The van der Waals surface area contributed by atoms with Gasteiger partial charge in [0.25, 0.3) is 0 Å². The zero-order valence-electron chi connectivity index (χ0n) is 24.9.